The van der Waals surface area contributed by atoms with Crippen LogP contribution in [0.3, 0.4) is 0 Å². The lowest BCUT2D eigenvalue weighted by Gasteiger charge is -2.18. The van der Waals surface area contributed by atoms with Crippen LogP contribution in [-0.4, -0.2) is 31.8 Å². The Balaban J connectivity index is 1.30. The Bertz CT molecular complexity index is 1100. The molecule has 2 aliphatic heterocycles. The minimum absolute atomic E-state index is 0.0413. The first-order chi connectivity index (χ1) is 14.5. The molecule has 0 saturated heterocycles. The number of carbonyl (C=O) groups is 2. The maximum absolute atomic E-state index is 12.6. The number of hydrogen-bond donors (Lipinski definition) is 2. The highest BCUT2D eigenvalue weighted by atomic mass is 16.3. The van der Waals surface area contributed by atoms with Gasteiger partial charge in [0.25, 0.3) is 11.8 Å². The molecule has 2 N–H and O–H groups in total. The number of fused-ring (bicyclic) bond motifs is 2. The van der Waals surface area contributed by atoms with Crippen LogP contribution in [-0.2, 0) is 26.2 Å². The summed E-state index contributed by atoms with van der Waals surface area (Å²) in [5.74, 6) is 0.241. The molecule has 3 aromatic carbocycles. The molecule has 0 radical (unpaired) electrons. The molecule has 6 nitrogen and oxygen atoms in total. The number of nitrogens with zero attached hydrogens (tertiary/aromatic N) is 2. The van der Waals surface area contributed by atoms with Gasteiger partial charge in [-0.1, -0.05) is 24.3 Å². The minimum Gasteiger partial charge on any atom is -0.508 e. The number of hydrogen-bond acceptors (Lipinski definition) is 4. The first kappa shape index (κ1) is 18.2. The Hall–Kier alpha value is -3.80. The fourth-order valence-electron chi connectivity index (χ4n) is 4.26. The van der Waals surface area contributed by atoms with Crippen LogP contribution in [0.25, 0.3) is 0 Å². The molecule has 0 aromatic heterocycles. The molecule has 0 spiro atoms. The van der Waals surface area contributed by atoms with Crippen LogP contribution in [0.15, 0.2) is 60.7 Å². The first-order valence-corrected chi connectivity index (χ1v) is 9.78. The fourth-order valence-corrected chi connectivity index (χ4v) is 4.26. The van der Waals surface area contributed by atoms with Gasteiger partial charge in [-0.2, -0.15) is 0 Å². The summed E-state index contributed by atoms with van der Waals surface area (Å²) in [6.07, 6.45) is 0. The van der Waals surface area contributed by atoms with Crippen molar-refractivity contribution in [1.29, 1.82) is 0 Å². The van der Waals surface area contributed by atoms with Crippen molar-refractivity contribution in [2.45, 2.75) is 26.2 Å². The maximum atomic E-state index is 12.6. The van der Waals surface area contributed by atoms with E-state index in [0.717, 1.165) is 22.3 Å². The van der Waals surface area contributed by atoms with Crippen LogP contribution in [0.5, 0.6) is 11.5 Å². The molecule has 2 heterocycles. The normalized spacial score (nSPS) is 14.9. The predicted octanol–water partition coefficient (Wildman–Crippen LogP) is 3.41. The van der Waals surface area contributed by atoms with E-state index in [1.165, 1.54) is 12.1 Å². The highest BCUT2D eigenvalue weighted by Gasteiger charge is 2.29. The minimum atomic E-state index is -0.0413. The van der Waals surface area contributed by atoms with Gasteiger partial charge in [-0.3, -0.25) is 9.59 Å². The smallest absolute Gasteiger partial charge is 0.254 e. The number of phenolic OH excluding ortho intramolecular Hbond substituents is 2. The average Bonchev–Trinajstić information content (AvgIpc) is 3.18. The highest BCUT2D eigenvalue weighted by molar-refractivity contribution is 5.99. The van der Waals surface area contributed by atoms with Crippen molar-refractivity contribution < 1.29 is 19.8 Å². The fraction of sp³-hybridized carbons (Fsp3) is 0.167. The molecule has 2 aliphatic rings. The summed E-state index contributed by atoms with van der Waals surface area (Å²) in [6, 6.07) is 17.6. The zero-order valence-corrected chi connectivity index (χ0v) is 16.2. The van der Waals surface area contributed by atoms with Crippen molar-refractivity contribution in [3.8, 4) is 11.5 Å². The second-order valence-electron chi connectivity index (χ2n) is 7.83. The molecule has 5 rings (SSSR count). The Morgan fingerprint density at radius 2 is 1.13 bits per heavy atom. The molecule has 0 unspecified atom stereocenters. The third-order valence-corrected chi connectivity index (χ3v) is 5.67. The van der Waals surface area contributed by atoms with Gasteiger partial charge in [0, 0.05) is 37.3 Å². The SMILES string of the molecule is O=C1c2ccc(O)cc2CN1Cc1cccc(CN2Cc3cc(O)ccc3C2=O)c1. The van der Waals surface area contributed by atoms with E-state index < -0.39 is 0 Å². The van der Waals surface area contributed by atoms with Crippen LogP contribution < -0.4 is 0 Å². The van der Waals surface area contributed by atoms with E-state index in [2.05, 4.69) is 0 Å². The van der Waals surface area contributed by atoms with Gasteiger partial charge in [0.2, 0.25) is 0 Å². The van der Waals surface area contributed by atoms with Crippen molar-refractivity contribution in [3.05, 3.63) is 94.0 Å². The van der Waals surface area contributed by atoms with Crippen LogP contribution in [0.2, 0.25) is 0 Å². The van der Waals surface area contributed by atoms with E-state index in [1.54, 1.807) is 34.1 Å². The van der Waals surface area contributed by atoms with Crippen molar-refractivity contribution in [2.24, 2.45) is 0 Å². The van der Waals surface area contributed by atoms with Crippen molar-refractivity contribution in [1.82, 2.24) is 9.80 Å². The molecule has 0 atom stereocenters. The van der Waals surface area contributed by atoms with E-state index in [9.17, 15) is 19.8 Å². The summed E-state index contributed by atoms with van der Waals surface area (Å²) >= 11 is 0. The second-order valence-corrected chi connectivity index (χ2v) is 7.83. The Morgan fingerprint density at radius 3 is 1.60 bits per heavy atom. The van der Waals surface area contributed by atoms with Gasteiger partial charge in [0.05, 0.1) is 0 Å². The van der Waals surface area contributed by atoms with Gasteiger partial charge < -0.3 is 20.0 Å². The lowest BCUT2D eigenvalue weighted by Crippen LogP contribution is -2.24. The monoisotopic (exact) mass is 400 g/mol. The first-order valence-electron chi connectivity index (χ1n) is 9.78. The maximum Gasteiger partial charge on any atom is 0.254 e. The van der Waals surface area contributed by atoms with E-state index in [1.807, 2.05) is 24.3 Å². The number of phenols is 2. The molecule has 0 saturated carbocycles. The van der Waals surface area contributed by atoms with Gasteiger partial charge in [-0.15, -0.1) is 0 Å². The van der Waals surface area contributed by atoms with E-state index >= 15 is 0 Å². The van der Waals surface area contributed by atoms with Crippen LogP contribution in [0.4, 0.5) is 0 Å². The average molecular weight is 400 g/mol. The summed E-state index contributed by atoms with van der Waals surface area (Å²) in [6.45, 7) is 1.86. The van der Waals surface area contributed by atoms with Gasteiger partial charge in [-0.25, -0.2) is 0 Å². The summed E-state index contributed by atoms with van der Waals surface area (Å²) in [5.41, 5.74) is 4.90. The molecule has 6 heteroatoms. The highest BCUT2D eigenvalue weighted by Crippen LogP contribution is 2.29. The molecule has 2 amide bonds. The molecule has 0 aliphatic carbocycles. The summed E-state index contributed by atoms with van der Waals surface area (Å²) in [7, 11) is 0. The standard InChI is InChI=1S/C24H20N2O4/c27-19-4-6-21-17(9-19)13-25(23(21)29)11-15-2-1-3-16(8-15)12-26-14-18-10-20(28)5-7-22(18)24(26)30/h1-10,27-28H,11-14H2. The number of amides is 2. The molecule has 3 aromatic rings. The molecule has 0 bridgehead atoms. The van der Waals surface area contributed by atoms with E-state index in [4.69, 9.17) is 0 Å². The summed E-state index contributed by atoms with van der Waals surface area (Å²) < 4.78 is 0. The number of rotatable bonds is 4. The Labute approximate surface area is 173 Å². The summed E-state index contributed by atoms with van der Waals surface area (Å²) in [4.78, 5) is 28.8. The van der Waals surface area contributed by atoms with Crippen molar-refractivity contribution >= 4 is 11.8 Å². The lowest BCUT2D eigenvalue weighted by atomic mass is 10.1. The number of aromatic hydroxyl groups is 2. The topological polar surface area (TPSA) is 81.1 Å². The number of carbonyl (C=O) groups excluding carboxylic acids is 2. The largest absolute Gasteiger partial charge is 0.508 e. The van der Waals surface area contributed by atoms with E-state index in [-0.39, 0.29) is 23.3 Å². The van der Waals surface area contributed by atoms with Gasteiger partial charge in [-0.05, 0) is 58.7 Å². The molecular formula is C24H20N2O4. The van der Waals surface area contributed by atoms with Gasteiger partial charge in [0.15, 0.2) is 0 Å². The second kappa shape index (κ2) is 6.91. The third-order valence-electron chi connectivity index (χ3n) is 5.67. The van der Waals surface area contributed by atoms with Gasteiger partial charge in [0.1, 0.15) is 11.5 Å². The third kappa shape index (κ3) is 3.16. The van der Waals surface area contributed by atoms with Crippen molar-refractivity contribution in [2.75, 3.05) is 0 Å². The van der Waals surface area contributed by atoms with Gasteiger partial charge >= 0.3 is 0 Å². The molecular weight excluding hydrogens is 380 g/mol. The number of benzene rings is 3. The van der Waals surface area contributed by atoms with Crippen molar-refractivity contribution in [3.63, 3.8) is 0 Å². The lowest BCUT2D eigenvalue weighted by molar-refractivity contribution is 0.0762. The molecule has 150 valence electrons. The Kier molecular flexibility index (Phi) is 4.20. The predicted molar refractivity (Wildman–Crippen MR) is 110 cm³/mol. The van der Waals surface area contributed by atoms with Crippen LogP contribution in [0, 0.1) is 0 Å². The molecule has 0 fully saturated rings. The van der Waals surface area contributed by atoms with Crippen LogP contribution >= 0.6 is 0 Å². The Morgan fingerprint density at radius 1 is 0.667 bits per heavy atom. The zero-order valence-electron chi connectivity index (χ0n) is 16.2. The summed E-state index contributed by atoms with van der Waals surface area (Å²) in [5, 5.41) is 19.3. The van der Waals surface area contributed by atoms with E-state index in [0.29, 0.717) is 37.3 Å². The zero-order chi connectivity index (χ0) is 20.8. The quantitative estimate of drug-likeness (QED) is 0.703. The molecule has 30 heavy (non-hydrogen) atoms. The van der Waals surface area contributed by atoms with Crippen LogP contribution in [0.1, 0.15) is 43.0 Å².